The van der Waals surface area contributed by atoms with Crippen LogP contribution in [0, 0.1) is 0 Å². The van der Waals surface area contributed by atoms with Gasteiger partial charge in [-0.3, -0.25) is 0 Å². The van der Waals surface area contributed by atoms with Crippen LogP contribution in [0.1, 0.15) is 4.88 Å². The second-order valence-corrected chi connectivity index (χ2v) is 5.01. The summed E-state index contributed by atoms with van der Waals surface area (Å²) in [6.45, 7) is 0.704. The van der Waals surface area contributed by atoms with Gasteiger partial charge >= 0.3 is 0 Å². The molecule has 0 spiro atoms. The van der Waals surface area contributed by atoms with Gasteiger partial charge in [0.25, 0.3) is 0 Å². The molecular formula is C13H13N5S. The molecule has 3 aromatic rings. The molecule has 0 aliphatic heterocycles. The molecule has 1 aromatic carbocycles. The SMILES string of the molecule is Nc1ccsc1CNc1ccccc1-n1cncn1. The lowest BCUT2D eigenvalue weighted by molar-refractivity contribution is 0.878. The maximum atomic E-state index is 5.88. The van der Waals surface area contributed by atoms with Gasteiger partial charge in [0.05, 0.1) is 17.9 Å². The maximum absolute atomic E-state index is 5.88. The number of anilines is 2. The predicted octanol–water partition coefficient (Wildman–Crippen LogP) is 2.52. The zero-order chi connectivity index (χ0) is 13.1. The van der Waals surface area contributed by atoms with Crippen molar-refractivity contribution in [2.75, 3.05) is 11.1 Å². The molecule has 6 heteroatoms. The van der Waals surface area contributed by atoms with Crippen molar-refractivity contribution in [2.45, 2.75) is 6.54 Å². The third-order valence-electron chi connectivity index (χ3n) is 2.79. The zero-order valence-corrected chi connectivity index (χ0v) is 11.0. The van der Waals surface area contributed by atoms with Gasteiger partial charge in [-0.25, -0.2) is 9.67 Å². The molecule has 0 unspecified atom stereocenters. The van der Waals surface area contributed by atoms with E-state index in [4.69, 9.17) is 5.73 Å². The summed E-state index contributed by atoms with van der Waals surface area (Å²) in [4.78, 5) is 5.10. The van der Waals surface area contributed by atoms with Crippen LogP contribution in [0.4, 0.5) is 11.4 Å². The van der Waals surface area contributed by atoms with Crippen LogP contribution in [0.3, 0.4) is 0 Å². The Morgan fingerprint density at radius 3 is 2.89 bits per heavy atom. The third kappa shape index (κ3) is 2.43. The van der Waals surface area contributed by atoms with E-state index >= 15 is 0 Å². The number of hydrogen-bond donors (Lipinski definition) is 2. The minimum absolute atomic E-state index is 0.704. The molecule has 19 heavy (non-hydrogen) atoms. The molecule has 0 saturated heterocycles. The van der Waals surface area contributed by atoms with Crippen molar-refractivity contribution in [3.05, 3.63) is 53.2 Å². The Morgan fingerprint density at radius 2 is 2.16 bits per heavy atom. The smallest absolute Gasteiger partial charge is 0.138 e. The van der Waals surface area contributed by atoms with Crippen molar-refractivity contribution in [2.24, 2.45) is 0 Å². The minimum atomic E-state index is 0.704. The summed E-state index contributed by atoms with van der Waals surface area (Å²) < 4.78 is 1.74. The summed E-state index contributed by atoms with van der Waals surface area (Å²) >= 11 is 1.65. The van der Waals surface area contributed by atoms with Crippen LogP contribution < -0.4 is 11.1 Å². The molecule has 96 valence electrons. The maximum Gasteiger partial charge on any atom is 0.138 e. The van der Waals surface area contributed by atoms with E-state index in [1.165, 1.54) is 6.33 Å². The van der Waals surface area contributed by atoms with Gasteiger partial charge in [-0.1, -0.05) is 12.1 Å². The second-order valence-electron chi connectivity index (χ2n) is 4.01. The molecule has 0 fully saturated rings. The van der Waals surface area contributed by atoms with E-state index < -0.39 is 0 Å². The highest BCUT2D eigenvalue weighted by Crippen LogP contribution is 2.23. The van der Waals surface area contributed by atoms with Crippen molar-refractivity contribution in [1.29, 1.82) is 0 Å². The lowest BCUT2D eigenvalue weighted by atomic mass is 10.2. The van der Waals surface area contributed by atoms with E-state index in [0.29, 0.717) is 6.54 Å². The number of aromatic nitrogens is 3. The average molecular weight is 271 g/mol. The van der Waals surface area contributed by atoms with Gasteiger partial charge in [-0.2, -0.15) is 5.10 Å². The highest BCUT2D eigenvalue weighted by Gasteiger charge is 2.06. The van der Waals surface area contributed by atoms with Crippen LogP contribution >= 0.6 is 11.3 Å². The Hall–Kier alpha value is -2.34. The molecule has 3 rings (SSSR count). The molecule has 0 amide bonds. The van der Waals surface area contributed by atoms with Crippen LogP contribution in [-0.2, 0) is 6.54 Å². The number of nitrogens with one attached hydrogen (secondary N) is 1. The molecule has 0 aliphatic carbocycles. The molecule has 5 nitrogen and oxygen atoms in total. The van der Waals surface area contributed by atoms with Crippen molar-refractivity contribution in [1.82, 2.24) is 14.8 Å². The van der Waals surface area contributed by atoms with E-state index in [1.807, 2.05) is 35.7 Å². The Bertz CT molecular complexity index is 659. The van der Waals surface area contributed by atoms with Crippen LogP contribution in [0.25, 0.3) is 5.69 Å². The van der Waals surface area contributed by atoms with Gasteiger partial charge < -0.3 is 11.1 Å². The summed E-state index contributed by atoms with van der Waals surface area (Å²) in [5.74, 6) is 0. The fourth-order valence-corrected chi connectivity index (χ4v) is 2.56. The fraction of sp³-hybridized carbons (Fsp3) is 0.0769. The third-order valence-corrected chi connectivity index (χ3v) is 3.73. The van der Waals surface area contributed by atoms with Crippen LogP contribution in [0.5, 0.6) is 0 Å². The molecule has 0 atom stereocenters. The Balaban J connectivity index is 1.84. The Labute approximate surface area is 114 Å². The Kier molecular flexibility index (Phi) is 3.16. The monoisotopic (exact) mass is 271 g/mol. The molecular weight excluding hydrogens is 258 g/mol. The summed E-state index contributed by atoms with van der Waals surface area (Å²) in [6, 6.07) is 9.89. The standard InChI is InChI=1S/C13H13N5S/c14-10-5-6-19-13(10)7-16-11-3-1-2-4-12(11)18-9-15-8-17-18/h1-6,8-9,16H,7,14H2. The highest BCUT2D eigenvalue weighted by atomic mass is 32.1. The van der Waals surface area contributed by atoms with Crippen molar-refractivity contribution in [3.63, 3.8) is 0 Å². The van der Waals surface area contributed by atoms with Gasteiger partial charge in [-0.15, -0.1) is 11.3 Å². The fourth-order valence-electron chi connectivity index (χ4n) is 1.83. The molecule has 0 saturated carbocycles. The molecule has 2 heterocycles. The largest absolute Gasteiger partial charge is 0.398 e. The first-order valence-corrected chi connectivity index (χ1v) is 6.72. The quantitative estimate of drug-likeness (QED) is 0.765. The lowest BCUT2D eigenvalue weighted by Gasteiger charge is -2.11. The van der Waals surface area contributed by atoms with E-state index in [2.05, 4.69) is 15.4 Å². The predicted molar refractivity (Wildman–Crippen MR) is 77.4 cm³/mol. The van der Waals surface area contributed by atoms with Crippen LogP contribution in [-0.4, -0.2) is 14.8 Å². The Morgan fingerprint density at radius 1 is 1.26 bits per heavy atom. The zero-order valence-electron chi connectivity index (χ0n) is 10.2. The number of hydrogen-bond acceptors (Lipinski definition) is 5. The van der Waals surface area contributed by atoms with Gasteiger partial charge in [-0.05, 0) is 23.6 Å². The molecule has 3 N–H and O–H groups in total. The topological polar surface area (TPSA) is 68.8 Å². The van der Waals surface area contributed by atoms with E-state index in [1.54, 1.807) is 22.3 Å². The molecule has 0 bridgehead atoms. The lowest BCUT2D eigenvalue weighted by Crippen LogP contribution is -2.05. The first-order chi connectivity index (χ1) is 9.34. The second kappa shape index (κ2) is 5.11. The molecule has 0 radical (unpaired) electrons. The van der Waals surface area contributed by atoms with Gasteiger partial charge in [0.1, 0.15) is 12.7 Å². The number of rotatable bonds is 4. The van der Waals surface area contributed by atoms with Gasteiger partial charge in [0.15, 0.2) is 0 Å². The first kappa shape index (κ1) is 11.7. The van der Waals surface area contributed by atoms with Crippen LogP contribution in [0.15, 0.2) is 48.4 Å². The van der Waals surface area contributed by atoms with Crippen molar-refractivity contribution in [3.8, 4) is 5.69 Å². The number of benzene rings is 1. The average Bonchev–Trinajstić information content (AvgIpc) is 3.08. The summed E-state index contributed by atoms with van der Waals surface area (Å²) in [5, 5.41) is 9.54. The minimum Gasteiger partial charge on any atom is -0.398 e. The summed E-state index contributed by atoms with van der Waals surface area (Å²) in [6.07, 6.45) is 3.20. The first-order valence-electron chi connectivity index (χ1n) is 5.84. The van der Waals surface area contributed by atoms with Crippen LogP contribution in [0.2, 0.25) is 0 Å². The number of thiophene rings is 1. The number of nitrogens with zero attached hydrogens (tertiary/aromatic N) is 3. The van der Waals surface area contributed by atoms with E-state index in [9.17, 15) is 0 Å². The van der Waals surface area contributed by atoms with E-state index in [0.717, 1.165) is 21.9 Å². The number of para-hydroxylation sites is 2. The summed E-state index contributed by atoms with van der Waals surface area (Å²) in [7, 11) is 0. The van der Waals surface area contributed by atoms with E-state index in [-0.39, 0.29) is 0 Å². The van der Waals surface area contributed by atoms with Crippen molar-refractivity contribution < 1.29 is 0 Å². The van der Waals surface area contributed by atoms with Crippen molar-refractivity contribution >= 4 is 22.7 Å². The molecule has 0 aliphatic rings. The number of nitrogen functional groups attached to an aromatic ring is 1. The molecule has 2 aromatic heterocycles. The van der Waals surface area contributed by atoms with Gasteiger partial charge in [0, 0.05) is 10.6 Å². The van der Waals surface area contributed by atoms with Gasteiger partial charge in [0.2, 0.25) is 0 Å². The highest BCUT2D eigenvalue weighted by molar-refractivity contribution is 7.10. The number of nitrogens with two attached hydrogens (primary N) is 1. The normalized spacial score (nSPS) is 10.5. The summed E-state index contributed by atoms with van der Waals surface area (Å²) in [5.41, 5.74) is 8.68.